The molecule has 0 bridgehead atoms. The molecule has 3 aromatic carbocycles. The van der Waals surface area contributed by atoms with Crippen LogP contribution in [0.2, 0.25) is 0 Å². The number of nitrogens with zero attached hydrogens (tertiary/aromatic N) is 3. The Labute approximate surface area is 163 Å². The first-order valence-electron chi connectivity index (χ1n) is 9.06. The van der Waals surface area contributed by atoms with Gasteiger partial charge < -0.3 is 0 Å². The summed E-state index contributed by atoms with van der Waals surface area (Å²) < 4.78 is 1.88. The SMILES string of the molecule is O=C/C=C/c1ncnn1C(c1ccccc1)(c1ccccc1)c1ccccc1. The smallest absolute Gasteiger partial charge is 0.152 e. The lowest BCUT2D eigenvalue weighted by atomic mass is 9.77. The number of hydrogen-bond acceptors (Lipinski definition) is 3. The van der Waals surface area contributed by atoms with Crippen molar-refractivity contribution in [2.24, 2.45) is 0 Å². The molecule has 1 aromatic heterocycles. The van der Waals surface area contributed by atoms with E-state index >= 15 is 0 Å². The normalized spacial score (nSPS) is 11.6. The molecule has 0 saturated carbocycles. The maximum absolute atomic E-state index is 10.9. The summed E-state index contributed by atoms with van der Waals surface area (Å²) in [6.45, 7) is 0. The first kappa shape index (κ1) is 17.6. The van der Waals surface area contributed by atoms with Crippen molar-refractivity contribution in [1.82, 2.24) is 14.8 Å². The van der Waals surface area contributed by atoms with Crippen molar-refractivity contribution in [3.8, 4) is 0 Å². The average molecular weight is 365 g/mol. The average Bonchev–Trinajstić information content (AvgIpc) is 3.24. The van der Waals surface area contributed by atoms with E-state index in [1.54, 1.807) is 6.08 Å². The molecule has 28 heavy (non-hydrogen) atoms. The topological polar surface area (TPSA) is 47.8 Å². The first-order chi connectivity index (χ1) is 13.9. The second-order valence-corrected chi connectivity index (χ2v) is 6.33. The number of allylic oxidation sites excluding steroid dienone is 1. The van der Waals surface area contributed by atoms with E-state index in [-0.39, 0.29) is 0 Å². The van der Waals surface area contributed by atoms with Gasteiger partial charge in [-0.25, -0.2) is 9.67 Å². The fraction of sp³-hybridized carbons (Fsp3) is 0.0417. The largest absolute Gasteiger partial charge is 0.299 e. The second-order valence-electron chi connectivity index (χ2n) is 6.33. The second kappa shape index (κ2) is 7.84. The molecule has 0 aliphatic carbocycles. The lowest BCUT2D eigenvalue weighted by molar-refractivity contribution is -0.104. The van der Waals surface area contributed by atoms with Gasteiger partial charge in [0.25, 0.3) is 0 Å². The van der Waals surface area contributed by atoms with Crippen LogP contribution < -0.4 is 0 Å². The van der Waals surface area contributed by atoms with Crippen molar-refractivity contribution in [3.63, 3.8) is 0 Å². The predicted molar refractivity (Wildman–Crippen MR) is 110 cm³/mol. The van der Waals surface area contributed by atoms with Gasteiger partial charge in [-0.3, -0.25) is 4.79 Å². The van der Waals surface area contributed by atoms with Crippen LogP contribution in [-0.2, 0) is 10.3 Å². The standard InChI is InChI=1S/C24H19N3O/c28-18-10-17-23-25-19-26-27(23)24(20-11-4-1-5-12-20,21-13-6-2-7-14-21)22-15-8-3-9-16-22/h1-19H/b17-10+. The molecular weight excluding hydrogens is 346 g/mol. The Morgan fingerprint density at radius 3 is 1.61 bits per heavy atom. The van der Waals surface area contributed by atoms with Crippen LogP contribution in [0.5, 0.6) is 0 Å². The Morgan fingerprint density at radius 1 is 0.714 bits per heavy atom. The Bertz CT molecular complexity index is 974. The zero-order valence-corrected chi connectivity index (χ0v) is 15.2. The van der Waals surface area contributed by atoms with Crippen LogP contribution in [0, 0.1) is 0 Å². The van der Waals surface area contributed by atoms with Gasteiger partial charge in [0.15, 0.2) is 5.82 Å². The summed E-state index contributed by atoms with van der Waals surface area (Å²) in [6.07, 6.45) is 5.39. The molecule has 0 aliphatic heterocycles. The fourth-order valence-corrected chi connectivity index (χ4v) is 3.65. The molecule has 136 valence electrons. The number of carbonyl (C=O) groups excluding carboxylic acids is 1. The van der Waals surface area contributed by atoms with Gasteiger partial charge in [0, 0.05) is 0 Å². The molecule has 0 spiro atoms. The van der Waals surface area contributed by atoms with E-state index in [4.69, 9.17) is 0 Å². The minimum atomic E-state index is -0.733. The number of carbonyl (C=O) groups is 1. The highest BCUT2D eigenvalue weighted by Gasteiger charge is 2.40. The maximum Gasteiger partial charge on any atom is 0.152 e. The van der Waals surface area contributed by atoms with Gasteiger partial charge in [-0.15, -0.1) is 0 Å². The number of rotatable bonds is 6. The lowest BCUT2D eigenvalue weighted by Crippen LogP contribution is -2.39. The fourth-order valence-electron chi connectivity index (χ4n) is 3.65. The van der Waals surface area contributed by atoms with Crippen LogP contribution >= 0.6 is 0 Å². The van der Waals surface area contributed by atoms with Crippen molar-refractivity contribution < 1.29 is 4.79 Å². The lowest BCUT2D eigenvalue weighted by Gasteiger charge is -2.36. The molecule has 0 saturated heterocycles. The van der Waals surface area contributed by atoms with Crippen LogP contribution in [0.25, 0.3) is 6.08 Å². The summed E-state index contributed by atoms with van der Waals surface area (Å²) in [6, 6.07) is 30.7. The quantitative estimate of drug-likeness (QED) is 0.290. The third-order valence-corrected chi connectivity index (χ3v) is 4.79. The summed E-state index contributed by atoms with van der Waals surface area (Å²) in [4.78, 5) is 15.3. The van der Waals surface area contributed by atoms with E-state index in [2.05, 4.69) is 46.5 Å². The molecular formula is C24H19N3O. The zero-order chi connectivity index (χ0) is 19.2. The van der Waals surface area contributed by atoms with E-state index in [9.17, 15) is 4.79 Å². The number of benzene rings is 3. The molecule has 0 unspecified atom stereocenters. The van der Waals surface area contributed by atoms with Gasteiger partial charge in [-0.2, -0.15) is 5.10 Å². The Balaban J connectivity index is 2.13. The first-order valence-corrected chi connectivity index (χ1v) is 9.06. The Morgan fingerprint density at radius 2 is 1.18 bits per heavy atom. The van der Waals surface area contributed by atoms with Gasteiger partial charge in [0.1, 0.15) is 18.2 Å². The summed E-state index contributed by atoms with van der Waals surface area (Å²) in [5.41, 5.74) is 2.43. The maximum atomic E-state index is 10.9. The molecule has 0 fully saturated rings. The molecule has 4 heteroatoms. The van der Waals surface area contributed by atoms with Gasteiger partial charge in [-0.05, 0) is 28.8 Å². The van der Waals surface area contributed by atoms with E-state index in [0.29, 0.717) is 5.82 Å². The molecule has 4 nitrogen and oxygen atoms in total. The van der Waals surface area contributed by atoms with Crippen LogP contribution in [-0.4, -0.2) is 21.1 Å². The summed E-state index contributed by atoms with van der Waals surface area (Å²) >= 11 is 0. The summed E-state index contributed by atoms with van der Waals surface area (Å²) in [7, 11) is 0. The predicted octanol–water partition coefficient (Wildman–Crippen LogP) is 4.33. The van der Waals surface area contributed by atoms with E-state index in [1.807, 2.05) is 59.3 Å². The molecule has 4 aromatic rings. The van der Waals surface area contributed by atoms with E-state index in [1.165, 1.54) is 12.4 Å². The number of hydrogen-bond donors (Lipinski definition) is 0. The molecule has 4 rings (SSSR count). The Kier molecular flexibility index (Phi) is 4.93. The van der Waals surface area contributed by atoms with E-state index in [0.717, 1.165) is 23.0 Å². The van der Waals surface area contributed by atoms with Gasteiger partial charge >= 0.3 is 0 Å². The molecule has 0 radical (unpaired) electrons. The summed E-state index contributed by atoms with van der Waals surface area (Å²) in [5.74, 6) is 0.601. The van der Waals surface area contributed by atoms with Crippen molar-refractivity contribution >= 4 is 12.4 Å². The monoisotopic (exact) mass is 365 g/mol. The highest BCUT2D eigenvalue weighted by Crippen LogP contribution is 2.40. The number of aromatic nitrogens is 3. The van der Waals surface area contributed by atoms with Crippen molar-refractivity contribution in [3.05, 3.63) is 126 Å². The minimum Gasteiger partial charge on any atom is -0.299 e. The highest BCUT2D eigenvalue weighted by atomic mass is 16.1. The van der Waals surface area contributed by atoms with Gasteiger partial charge in [0.2, 0.25) is 0 Å². The summed E-state index contributed by atoms with van der Waals surface area (Å²) in [5, 5.41) is 4.61. The molecule has 0 amide bonds. The minimum absolute atomic E-state index is 0.601. The van der Waals surface area contributed by atoms with Gasteiger partial charge in [0.05, 0.1) is 0 Å². The molecule has 1 heterocycles. The third-order valence-electron chi connectivity index (χ3n) is 4.79. The molecule has 0 aliphatic rings. The third kappa shape index (κ3) is 2.95. The van der Waals surface area contributed by atoms with Crippen LogP contribution in [0.15, 0.2) is 103 Å². The van der Waals surface area contributed by atoms with E-state index < -0.39 is 5.54 Å². The van der Waals surface area contributed by atoms with Crippen molar-refractivity contribution in [1.29, 1.82) is 0 Å². The van der Waals surface area contributed by atoms with Crippen LogP contribution in [0.1, 0.15) is 22.5 Å². The van der Waals surface area contributed by atoms with Crippen molar-refractivity contribution in [2.75, 3.05) is 0 Å². The zero-order valence-electron chi connectivity index (χ0n) is 15.2. The molecule has 0 N–H and O–H groups in total. The number of aldehydes is 1. The van der Waals surface area contributed by atoms with Crippen LogP contribution in [0.4, 0.5) is 0 Å². The van der Waals surface area contributed by atoms with Crippen LogP contribution in [0.3, 0.4) is 0 Å². The van der Waals surface area contributed by atoms with Crippen molar-refractivity contribution in [2.45, 2.75) is 5.54 Å². The molecule has 0 atom stereocenters. The highest BCUT2D eigenvalue weighted by molar-refractivity contribution is 5.72. The Hall–Kier alpha value is -3.79. The van der Waals surface area contributed by atoms with Gasteiger partial charge in [-0.1, -0.05) is 91.0 Å².